The predicted octanol–water partition coefficient (Wildman–Crippen LogP) is 1.94. The van der Waals surface area contributed by atoms with Crippen LogP contribution in [0.15, 0.2) is 18.2 Å². The second-order valence-electron chi connectivity index (χ2n) is 5.95. The van der Waals surface area contributed by atoms with E-state index in [-0.39, 0.29) is 34.6 Å². The van der Waals surface area contributed by atoms with Crippen LogP contribution in [0.25, 0.3) is 0 Å². The van der Waals surface area contributed by atoms with E-state index in [2.05, 4.69) is 0 Å². The second kappa shape index (κ2) is 6.45. The largest absolute Gasteiger partial charge is 0.461 e. The number of halogens is 2. The van der Waals surface area contributed by atoms with Gasteiger partial charge in [0.15, 0.2) is 0 Å². The number of esters is 1. The lowest BCUT2D eigenvalue weighted by atomic mass is 10.1. The number of rotatable bonds is 2. The summed E-state index contributed by atoms with van der Waals surface area (Å²) in [4.78, 5) is 27.8. The third-order valence-electron chi connectivity index (χ3n) is 4.35. The maximum Gasteiger partial charge on any atom is 0.323 e. The molecule has 124 valence electrons. The molecule has 0 bridgehead atoms. The van der Waals surface area contributed by atoms with Gasteiger partial charge in [-0.1, -0.05) is 11.6 Å². The number of benzene rings is 1. The highest BCUT2D eigenvalue weighted by Crippen LogP contribution is 2.22. The Morgan fingerprint density at radius 1 is 1.30 bits per heavy atom. The number of carbonyl (C=O) groups excluding carboxylic acids is 2. The molecule has 2 atom stereocenters. The second-order valence-corrected chi connectivity index (χ2v) is 6.39. The van der Waals surface area contributed by atoms with Gasteiger partial charge in [-0.2, -0.15) is 0 Å². The van der Waals surface area contributed by atoms with E-state index in [1.165, 1.54) is 12.1 Å². The minimum absolute atomic E-state index is 0.0248. The Morgan fingerprint density at radius 2 is 2.00 bits per heavy atom. The molecular formula is C16H18ClFN2O3. The minimum atomic E-state index is -0.613. The number of cyclic esters (lactones) is 1. The van der Waals surface area contributed by atoms with Crippen molar-refractivity contribution < 1.29 is 18.7 Å². The third-order valence-corrected chi connectivity index (χ3v) is 4.58. The summed E-state index contributed by atoms with van der Waals surface area (Å²) in [6.45, 7) is 3.94. The van der Waals surface area contributed by atoms with Crippen LogP contribution < -0.4 is 0 Å². The number of amides is 1. The molecule has 23 heavy (non-hydrogen) atoms. The number of carbonyl (C=O) groups is 2. The first-order valence-corrected chi connectivity index (χ1v) is 8.02. The van der Waals surface area contributed by atoms with Crippen LogP contribution in [0, 0.1) is 5.82 Å². The van der Waals surface area contributed by atoms with Crippen LogP contribution in [0.2, 0.25) is 5.02 Å². The molecule has 0 N–H and O–H groups in total. The Bertz CT molecular complexity index is 632. The molecule has 2 aliphatic rings. The molecule has 1 amide bonds. The summed E-state index contributed by atoms with van der Waals surface area (Å²) in [5, 5.41) is 0.262. The van der Waals surface area contributed by atoms with Crippen molar-refractivity contribution in [1.29, 1.82) is 0 Å². The molecule has 2 fully saturated rings. The summed E-state index contributed by atoms with van der Waals surface area (Å²) in [5.74, 6) is -1.15. The molecule has 0 spiro atoms. The number of ether oxygens (including phenoxy) is 1. The molecule has 7 heteroatoms. The summed E-state index contributed by atoms with van der Waals surface area (Å²) in [6.07, 6.45) is 0.619. The van der Waals surface area contributed by atoms with Gasteiger partial charge < -0.3 is 9.64 Å². The van der Waals surface area contributed by atoms with Crippen LogP contribution in [-0.2, 0) is 9.53 Å². The van der Waals surface area contributed by atoms with Crippen LogP contribution in [0.3, 0.4) is 0 Å². The Balaban J connectivity index is 1.62. The highest BCUT2D eigenvalue weighted by molar-refractivity contribution is 6.30. The van der Waals surface area contributed by atoms with Gasteiger partial charge in [0.25, 0.3) is 5.91 Å². The van der Waals surface area contributed by atoms with Crippen LogP contribution in [0.4, 0.5) is 4.39 Å². The van der Waals surface area contributed by atoms with Crippen molar-refractivity contribution >= 4 is 23.5 Å². The molecule has 0 aromatic heterocycles. The smallest absolute Gasteiger partial charge is 0.323 e. The average Bonchev–Trinajstić information content (AvgIpc) is 2.85. The van der Waals surface area contributed by atoms with Crippen molar-refractivity contribution in [3.63, 3.8) is 0 Å². The molecule has 2 aliphatic heterocycles. The van der Waals surface area contributed by atoms with Gasteiger partial charge in [-0.05, 0) is 25.1 Å². The highest BCUT2D eigenvalue weighted by Gasteiger charge is 2.38. The van der Waals surface area contributed by atoms with Gasteiger partial charge in [0.1, 0.15) is 18.0 Å². The van der Waals surface area contributed by atoms with E-state index in [4.69, 9.17) is 16.3 Å². The van der Waals surface area contributed by atoms with Gasteiger partial charge in [0.05, 0.1) is 5.56 Å². The van der Waals surface area contributed by atoms with Crippen molar-refractivity contribution in [2.75, 3.05) is 26.2 Å². The maximum atomic E-state index is 13.9. The van der Waals surface area contributed by atoms with Gasteiger partial charge in [-0.25, -0.2) is 4.39 Å². The van der Waals surface area contributed by atoms with Crippen molar-refractivity contribution in [1.82, 2.24) is 9.80 Å². The van der Waals surface area contributed by atoms with Crippen LogP contribution >= 0.6 is 11.6 Å². The van der Waals surface area contributed by atoms with E-state index in [0.717, 1.165) is 6.07 Å². The molecule has 5 nitrogen and oxygen atoms in total. The molecule has 0 radical (unpaired) electrons. The fraction of sp³-hybridized carbons (Fsp3) is 0.500. The molecule has 1 aromatic rings. The Labute approximate surface area is 138 Å². The summed E-state index contributed by atoms with van der Waals surface area (Å²) in [7, 11) is 0. The molecule has 3 rings (SSSR count). The van der Waals surface area contributed by atoms with E-state index >= 15 is 0 Å². The molecule has 0 saturated carbocycles. The lowest BCUT2D eigenvalue weighted by molar-refractivity contribution is -0.145. The third kappa shape index (κ3) is 3.33. The number of nitrogens with zero attached hydrogens (tertiary/aromatic N) is 2. The van der Waals surface area contributed by atoms with Crippen molar-refractivity contribution in [3.8, 4) is 0 Å². The molecule has 2 heterocycles. The van der Waals surface area contributed by atoms with E-state index in [1.807, 2.05) is 11.8 Å². The van der Waals surface area contributed by atoms with Gasteiger partial charge in [-0.15, -0.1) is 0 Å². The fourth-order valence-electron chi connectivity index (χ4n) is 3.10. The molecule has 0 unspecified atom stereocenters. The quantitative estimate of drug-likeness (QED) is 0.772. The summed E-state index contributed by atoms with van der Waals surface area (Å²) >= 11 is 5.71. The van der Waals surface area contributed by atoms with Crippen molar-refractivity contribution in [2.24, 2.45) is 0 Å². The zero-order valence-corrected chi connectivity index (χ0v) is 13.6. The highest BCUT2D eigenvalue weighted by atomic mass is 35.5. The Kier molecular flexibility index (Phi) is 4.55. The molecule has 0 aliphatic carbocycles. The Morgan fingerprint density at radius 3 is 2.57 bits per heavy atom. The zero-order chi connectivity index (χ0) is 16.6. The van der Waals surface area contributed by atoms with E-state index in [0.29, 0.717) is 32.6 Å². The van der Waals surface area contributed by atoms with Gasteiger partial charge in [0, 0.05) is 37.6 Å². The van der Waals surface area contributed by atoms with Crippen molar-refractivity contribution in [3.05, 3.63) is 34.6 Å². The monoisotopic (exact) mass is 340 g/mol. The number of hydrogen-bond acceptors (Lipinski definition) is 4. The SMILES string of the molecule is C[C@H]1C[C@@H](N2CCN(C(=O)c3ccc(Cl)cc3F)CC2)C(=O)O1. The number of piperazine rings is 1. The van der Waals surface area contributed by atoms with Gasteiger partial charge >= 0.3 is 5.97 Å². The standard InChI is InChI=1S/C16H18ClFN2O3/c1-10-8-14(16(22)23-10)19-4-6-20(7-5-19)15(21)12-3-2-11(17)9-13(12)18/h2-3,9-10,14H,4-8H2,1H3/t10-,14+/m0/s1. The Hall–Kier alpha value is -1.66. The molecular weight excluding hydrogens is 323 g/mol. The van der Waals surface area contributed by atoms with E-state index in [9.17, 15) is 14.0 Å². The van der Waals surface area contributed by atoms with E-state index < -0.39 is 5.82 Å². The normalized spacial score (nSPS) is 25.5. The molecule has 1 aromatic carbocycles. The number of hydrogen-bond donors (Lipinski definition) is 0. The summed E-state index contributed by atoms with van der Waals surface area (Å²) in [6, 6.07) is 3.82. The topological polar surface area (TPSA) is 49.9 Å². The van der Waals surface area contributed by atoms with E-state index in [1.54, 1.807) is 4.90 Å². The van der Waals surface area contributed by atoms with Gasteiger partial charge in [0.2, 0.25) is 0 Å². The lowest BCUT2D eigenvalue weighted by Crippen LogP contribution is -2.53. The lowest BCUT2D eigenvalue weighted by Gasteiger charge is -2.36. The maximum absolute atomic E-state index is 13.9. The fourth-order valence-corrected chi connectivity index (χ4v) is 3.26. The van der Waals surface area contributed by atoms with Crippen LogP contribution in [-0.4, -0.2) is 60.0 Å². The zero-order valence-electron chi connectivity index (χ0n) is 12.8. The summed E-state index contributed by atoms with van der Waals surface area (Å²) in [5.41, 5.74) is 0.0248. The first kappa shape index (κ1) is 16.2. The molecule has 2 saturated heterocycles. The minimum Gasteiger partial charge on any atom is -0.461 e. The first-order valence-electron chi connectivity index (χ1n) is 7.64. The van der Waals surface area contributed by atoms with Gasteiger partial charge in [-0.3, -0.25) is 14.5 Å². The van der Waals surface area contributed by atoms with Crippen LogP contribution in [0.1, 0.15) is 23.7 Å². The van der Waals surface area contributed by atoms with Crippen molar-refractivity contribution in [2.45, 2.75) is 25.5 Å². The first-order chi connectivity index (χ1) is 11.0. The summed E-state index contributed by atoms with van der Waals surface area (Å²) < 4.78 is 19.0. The predicted molar refractivity (Wildman–Crippen MR) is 82.8 cm³/mol. The van der Waals surface area contributed by atoms with Crippen LogP contribution in [0.5, 0.6) is 0 Å². The average molecular weight is 341 g/mol.